The summed E-state index contributed by atoms with van der Waals surface area (Å²) in [6, 6.07) is 15.6. The molecule has 27 heavy (non-hydrogen) atoms. The highest BCUT2D eigenvalue weighted by Crippen LogP contribution is 2.24. The molecule has 0 aliphatic rings. The third kappa shape index (κ3) is 4.89. The number of aryl methyl sites for hydroxylation is 2. The van der Waals surface area contributed by atoms with Gasteiger partial charge in [-0.25, -0.2) is 0 Å². The number of thioether (sulfide) groups is 1. The van der Waals surface area contributed by atoms with Crippen LogP contribution in [0.15, 0.2) is 53.7 Å². The largest absolute Gasteiger partial charge is 0.492 e. The average molecular weight is 382 g/mol. The second-order valence-corrected chi connectivity index (χ2v) is 7.12. The van der Waals surface area contributed by atoms with Crippen LogP contribution in [0.2, 0.25) is 0 Å². The highest BCUT2D eigenvalue weighted by atomic mass is 32.2. The number of amides is 1. The van der Waals surface area contributed by atoms with Crippen molar-refractivity contribution in [1.29, 1.82) is 0 Å². The Hall–Kier alpha value is -2.80. The van der Waals surface area contributed by atoms with Gasteiger partial charge in [-0.05, 0) is 43.7 Å². The second kappa shape index (κ2) is 8.73. The highest BCUT2D eigenvalue weighted by molar-refractivity contribution is 7.99. The van der Waals surface area contributed by atoms with Crippen LogP contribution in [-0.2, 0) is 4.79 Å². The zero-order valence-corrected chi connectivity index (χ0v) is 16.4. The van der Waals surface area contributed by atoms with Gasteiger partial charge in [0.05, 0.1) is 12.3 Å². The number of para-hydroxylation sites is 1. The number of rotatable bonds is 7. The maximum Gasteiger partial charge on any atom is 0.221 e. The molecule has 3 rings (SSSR count). The first-order chi connectivity index (χ1) is 13.0. The van der Waals surface area contributed by atoms with Crippen LogP contribution in [0.1, 0.15) is 18.3 Å². The van der Waals surface area contributed by atoms with Gasteiger partial charge in [-0.2, -0.15) is 0 Å². The summed E-state index contributed by atoms with van der Waals surface area (Å²) in [6.07, 6.45) is 0. The summed E-state index contributed by atoms with van der Waals surface area (Å²) in [5, 5.41) is 12.1. The number of benzene rings is 2. The fraction of sp³-hybridized carbons (Fsp3) is 0.250. The lowest BCUT2D eigenvalue weighted by Gasteiger charge is -2.11. The van der Waals surface area contributed by atoms with E-state index in [4.69, 9.17) is 4.74 Å². The van der Waals surface area contributed by atoms with Crippen LogP contribution in [0.25, 0.3) is 5.69 Å². The predicted molar refractivity (Wildman–Crippen MR) is 108 cm³/mol. The molecule has 0 aliphatic heterocycles. The van der Waals surface area contributed by atoms with Crippen molar-refractivity contribution < 1.29 is 9.53 Å². The van der Waals surface area contributed by atoms with Gasteiger partial charge in [0.2, 0.25) is 5.91 Å². The maximum absolute atomic E-state index is 11.3. The van der Waals surface area contributed by atoms with Gasteiger partial charge in [0.25, 0.3) is 0 Å². The van der Waals surface area contributed by atoms with E-state index < -0.39 is 0 Å². The van der Waals surface area contributed by atoms with E-state index in [0.717, 1.165) is 39.4 Å². The van der Waals surface area contributed by atoms with Crippen molar-refractivity contribution in [3.8, 4) is 11.4 Å². The summed E-state index contributed by atoms with van der Waals surface area (Å²) in [6.45, 7) is 6.01. The molecule has 7 heteroatoms. The van der Waals surface area contributed by atoms with Gasteiger partial charge < -0.3 is 10.1 Å². The van der Waals surface area contributed by atoms with E-state index in [2.05, 4.69) is 15.5 Å². The first-order valence-corrected chi connectivity index (χ1v) is 9.64. The number of nitrogens with one attached hydrogen (secondary N) is 1. The zero-order chi connectivity index (χ0) is 19.2. The summed E-state index contributed by atoms with van der Waals surface area (Å²) < 4.78 is 7.82. The molecule has 0 spiro atoms. The van der Waals surface area contributed by atoms with Gasteiger partial charge in [-0.15, -0.1) is 10.2 Å². The molecule has 0 bridgehead atoms. The van der Waals surface area contributed by atoms with Crippen molar-refractivity contribution in [2.45, 2.75) is 25.9 Å². The number of anilines is 1. The number of nitrogens with zero attached hydrogens (tertiary/aromatic N) is 3. The molecule has 0 aliphatic carbocycles. The van der Waals surface area contributed by atoms with Crippen LogP contribution in [0.3, 0.4) is 0 Å². The third-order valence-corrected chi connectivity index (χ3v) is 4.78. The van der Waals surface area contributed by atoms with Crippen LogP contribution >= 0.6 is 11.8 Å². The van der Waals surface area contributed by atoms with Crippen molar-refractivity contribution >= 4 is 23.4 Å². The van der Waals surface area contributed by atoms with Crippen LogP contribution < -0.4 is 10.1 Å². The molecule has 1 amide bonds. The number of aromatic nitrogens is 3. The standard InChI is InChI=1S/C20H22N4O2S/c1-14-7-4-5-10-19(14)26-11-12-27-20-23-22-15(2)24(20)18-9-6-8-17(13-18)21-16(3)25/h4-10,13H,11-12H2,1-3H3,(H,21,25). The fourth-order valence-corrected chi connectivity index (χ4v) is 3.48. The minimum atomic E-state index is -0.101. The summed E-state index contributed by atoms with van der Waals surface area (Å²) >= 11 is 1.58. The molecule has 2 aromatic carbocycles. The summed E-state index contributed by atoms with van der Waals surface area (Å²) in [4.78, 5) is 11.3. The van der Waals surface area contributed by atoms with Gasteiger partial charge in [0.1, 0.15) is 11.6 Å². The fourth-order valence-electron chi connectivity index (χ4n) is 2.66. The van der Waals surface area contributed by atoms with Crippen LogP contribution in [0, 0.1) is 13.8 Å². The Morgan fingerprint density at radius 3 is 2.74 bits per heavy atom. The molecule has 0 saturated heterocycles. The molecule has 0 unspecified atom stereocenters. The van der Waals surface area contributed by atoms with Crippen molar-refractivity contribution in [3.63, 3.8) is 0 Å². The number of hydrogen-bond donors (Lipinski definition) is 1. The lowest BCUT2D eigenvalue weighted by atomic mass is 10.2. The van der Waals surface area contributed by atoms with Crippen molar-refractivity contribution in [2.24, 2.45) is 0 Å². The van der Waals surface area contributed by atoms with E-state index in [1.54, 1.807) is 11.8 Å². The van der Waals surface area contributed by atoms with Gasteiger partial charge in [0, 0.05) is 18.4 Å². The minimum absolute atomic E-state index is 0.101. The predicted octanol–water partition coefficient (Wildman–Crippen LogP) is 4.01. The lowest BCUT2D eigenvalue weighted by molar-refractivity contribution is -0.114. The molecule has 1 aromatic heterocycles. The second-order valence-electron chi connectivity index (χ2n) is 6.06. The first-order valence-electron chi connectivity index (χ1n) is 8.66. The molecule has 6 nitrogen and oxygen atoms in total. The minimum Gasteiger partial charge on any atom is -0.492 e. The van der Waals surface area contributed by atoms with E-state index in [0.29, 0.717) is 6.61 Å². The van der Waals surface area contributed by atoms with Gasteiger partial charge in [-0.1, -0.05) is 36.0 Å². The van der Waals surface area contributed by atoms with Crippen LogP contribution in [0.5, 0.6) is 5.75 Å². The SMILES string of the molecule is CC(=O)Nc1cccc(-n2c(C)nnc2SCCOc2ccccc2C)c1. The van der Waals surface area contributed by atoms with Gasteiger partial charge in [-0.3, -0.25) is 9.36 Å². The molecule has 140 valence electrons. The Bertz CT molecular complexity index is 939. The van der Waals surface area contributed by atoms with E-state index in [9.17, 15) is 4.79 Å². The quantitative estimate of drug-likeness (QED) is 0.494. The Morgan fingerprint density at radius 2 is 1.96 bits per heavy atom. The molecular formula is C20H22N4O2S. The third-order valence-electron chi connectivity index (χ3n) is 3.89. The Kier molecular flexibility index (Phi) is 6.13. The van der Waals surface area contributed by atoms with E-state index in [-0.39, 0.29) is 5.91 Å². The topological polar surface area (TPSA) is 69.0 Å². The molecule has 1 heterocycles. The average Bonchev–Trinajstić information content (AvgIpc) is 3.00. The molecule has 0 fully saturated rings. The summed E-state index contributed by atoms with van der Waals surface area (Å²) in [5.74, 6) is 2.34. The van der Waals surface area contributed by atoms with E-state index in [1.165, 1.54) is 6.92 Å². The molecule has 1 N–H and O–H groups in total. The van der Waals surface area contributed by atoms with Crippen molar-refractivity contribution in [1.82, 2.24) is 14.8 Å². The molecular weight excluding hydrogens is 360 g/mol. The monoisotopic (exact) mass is 382 g/mol. The van der Waals surface area contributed by atoms with Crippen molar-refractivity contribution in [2.75, 3.05) is 17.7 Å². The molecule has 0 saturated carbocycles. The smallest absolute Gasteiger partial charge is 0.221 e. The summed E-state index contributed by atoms with van der Waals surface area (Å²) in [7, 11) is 0. The number of ether oxygens (including phenoxy) is 1. The highest BCUT2D eigenvalue weighted by Gasteiger charge is 2.12. The maximum atomic E-state index is 11.3. The van der Waals surface area contributed by atoms with E-state index in [1.807, 2.05) is 66.9 Å². The molecule has 0 radical (unpaired) electrons. The van der Waals surface area contributed by atoms with Gasteiger partial charge >= 0.3 is 0 Å². The summed E-state index contributed by atoms with van der Waals surface area (Å²) in [5.41, 5.74) is 2.77. The first kappa shape index (κ1) is 19.0. The number of hydrogen-bond acceptors (Lipinski definition) is 5. The molecule has 0 atom stereocenters. The molecule has 3 aromatic rings. The van der Waals surface area contributed by atoms with Crippen LogP contribution in [-0.4, -0.2) is 33.0 Å². The van der Waals surface area contributed by atoms with Gasteiger partial charge in [0.15, 0.2) is 5.16 Å². The Morgan fingerprint density at radius 1 is 1.15 bits per heavy atom. The number of carbonyl (C=O) groups excluding carboxylic acids is 1. The van der Waals surface area contributed by atoms with E-state index >= 15 is 0 Å². The normalized spacial score (nSPS) is 10.6. The van der Waals surface area contributed by atoms with Crippen LogP contribution in [0.4, 0.5) is 5.69 Å². The number of carbonyl (C=O) groups is 1. The Balaban J connectivity index is 1.68. The lowest BCUT2D eigenvalue weighted by Crippen LogP contribution is -2.07. The zero-order valence-electron chi connectivity index (χ0n) is 15.6. The Labute approximate surface area is 163 Å². The van der Waals surface area contributed by atoms with Crippen molar-refractivity contribution in [3.05, 3.63) is 59.9 Å².